The highest BCUT2D eigenvalue weighted by atomic mass is 35.5. The lowest BCUT2D eigenvalue weighted by Crippen LogP contribution is -2.03. The van der Waals surface area contributed by atoms with Crippen LogP contribution in [-0.4, -0.2) is 6.29 Å². The van der Waals surface area contributed by atoms with E-state index in [9.17, 15) is 4.79 Å². The maximum atomic E-state index is 11.0. The number of benzene rings is 2. The van der Waals surface area contributed by atoms with Crippen molar-refractivity contribution in [1.29, 1.82) is 0 Å². The van der Waals surface area contributed by atoms with Crippen molar-refractivity contribution >= 4 is 17.9 Å². The molecule has 2 nitrogen and oxygen atoms in total. The second-order valence-electron chi connectivity index (χ2n) is 4.97. The molecule has 0 spiro atoms. The Bertz CT molecular complexity index is 624. The normalized spacial score (nSPS) is 10.4. The molecule has 0 N–H and O–H groups in total. The highest BCUT2D eigenvalue weighted by Gasteiger charge is 2.08. The largest absolute Gasteiger partial charge is 0.488 e. The van der Waals surface area contributed by atoms with Crippen LogP contribution < -0.4 is 4.74 Å². The van der Waals surface area contributed by atoms with Crippen molar-refractivity contribution in [1.82, 2.24) is 0 Å². The first kappa shape index (κ1) is 14.6. The predicted octanol–water partition coefficient (Wildman–Crippen LogP) is 4.66. The lowest BCUT2D eigenvalue weighted by atomic mass is 10.0. The minimum Gasteiger partial charge on any atom is -0.488 e. The summed E-state index contributed by atoms with van der Waals surface area (Å²) in [5.41, 5.74) is 5.26. The van der Waals surface area contributed by atoms with E-state index in [-0.39, 0.29) is 0 Å². The van der Waals surface area contributed by atoms with Crippen molar-refractivity contribution in [2.24, 2.45) is 0 Å². The van der Waals surface area contributed by atoms with E-state index in [1.54, 1.807) is 18.2 Å². The SMILES string of the molecule is Cc1cc(C)c(COc2ccc(Cl)cc2C=O)c(C)c1. The van der Waals surface area contributed by atoms with Crippen molar-refractivity contribution in [2.45, 2.75) is 27.4 Å². The predicted molar refractivity (Wildman–Crippen MR) is 81.8 cm³/mol. The van der Waals surface area contributed by atoms with Crippen LogP contribution in [0.1, 0.15) is 32.6 Å². The van der Waals surface area contributed by atoms with Crippen LogP contribution in [0.5, 0.6) is 5.75 Å². The van der Waals surface area contributed by atoms with Gasteiger partial charge in [-0.15, -0.1) is 0 Å². The van der Waals surface area contributed by atoms with Crippen LogP contribution in [0.3, 0.4) is 0 Å². The fraction of sp³-hybridized carbons (Fsp3) is 0.235. The van der Waals surface area contributed by atoms with Crippen LogP contribution in [0, 0.1) is 20.8 Å². The summed E-state index contributed by atoms with van der Waals surface area (Å²) >= 11 is 5.87. The molecule has 0 heterocycles. The minimum atomic E-state index is 0.445. The molecular weight excluding hydrogens is 272 g/mol. The van der Waals surface area contributed by atoms with Crippen LogP contribution in [0.25, 0.3) is 0 Å². The molecule has 0 atom stereocenters. The van der Waals surface area contributed by atoms with Gasteiger partial charge in [0.25, 0.3) is 0 Å². The topological polar surface area (TPSA) is 26.3 Å². The maximum Gasteiger partial charge on any atom is 0.153 e. The fourth-order valence-electron chi connectivity index (χ4n) is 2.33. The first-order chi connectivity index (χ1) is 9.51. The van der Waals surface area contributed by atoms with Gasteiger partial charge < -0.3 is 4.74 Å². The van der Waals surface area contributed by atoms with Gasteiger partial charge in [-0.1, -0.05) is 29.3 Å². The summed E-state index contributed by atoms with van der Waals surface area (Å²) in [6.07, 6.45) is 0.760. The quantitative estimate of drug-likeness (QED) is 0.765. The zero-order valence-electron chi connectivity index (χ0n) is 11.9. The lowest BCUT2D eigenvalue weighted by Gasteiger charge is -2.14. The molecule has 20 heavy (non-hydrogen) atoms. The van der Waals surface area contributed by atoms with E-state index in [2.05, 4.69) is 32.9 Å². The Labute approximate surface area is 124 Å². The number of aldehydes is 1. The highest BCUT2D eigenvalue weighted by Crippen LogP contribution is 2.24. The van der Waals surface area contributed by atoms with E-state index in [0.29, 0.717) is 22.9 Å². The summed E-state index contributed by atoms with van der Waals surface area (Å²) in [6, 6.07) is 9.32. The Morgan fingerprint density at radius 2 is 1.75 bits per heavy atom. The summed E-state index contributed by atoms with van der Waals surface area (Å²) in [5, 5.41) is 0.530. The van der Waals surface area contributed by atoms with Gasteiger partial charge in [-0.2, -0.15) is 0 Å². The zero-order chi connectivity index (χ0) is 14.7. The molecule has 0 amide bonds. The molecule has 0 aliphatic rings. The summed E-state index contributed by atoms with van der Waals surface area (Å²) in [5.74, 6) is 0.559. The standard InChI is InChI=1S/C17H17ClO2/c1-11-6-12(2)16(13(3)7-11)10-20-17-5-4-15(18)8-14(17)9-19/h4-9H,10H2,1-3H3. The van der Waals surface area contributed by atoms with Crippen molar-refractivity contribution in [3.63, 3.8) is 0 Å². The van der Waals surface area contributed by atoms with E-state index in [4.69, 9.17) is 16.3 Å². The summed E-state index contributed by atoms with van der Waals surface area (Å²) < 4.78 is 5.78. The van der Waals surface area contributed by atoms with Gasteiger partial charge >= 0.3 is 0 Å². The van der Waals surface area contributed by atoms with Crippen LogP contribution in [-0.2, 0) is 6.61 Å². The Kier molecular flexibility index (Phi) is 4.46. The first-order valence-corrected chi connectivity index (χ1v) is 6.83. The van der Waals surface area contributed by atoms with Crippen molar-refractivity contribution < 1.29 is 9.53 Å². The van der Waals surface area contributed by atoms with Crippen molar-refractivity contribution in [2.75, 3.05) is 0 Å². The molecule has 2 aromatic rings. The zero-order valence-corrected chi connectivity index (χ0v) is 12.6. The van der Waals surface area contributed by atoms with E-state index in [0.717, 1.165) is 11.8 Å². The Balaban J connectivity index is 2.23. The Morgan fingerprint density at radius 3 is 2.35 bits per heavy atom. The molecular formula is C17H17ClO2. The van der Waals surface area contributed by atoms with E-state index in [1.807, 2.05) is 0 Å². The molecule has 2 rings (SSSR count). The second-order valence-corrected chi connectivity index (χ2v) is 5.40. The average Bonchev–Trinajstić information content (AvgIpc) is 2.38. The van der Waals surface area contributed by atoms with E-state index < -0.39 is 0 Å². The monoisotopic (exact) mass is 288 g/mol. The average molecular weight is 289 g/mol. The number of ether oxygens (including phenoxy) is 1. The summed E-state index contributed by atoms with van der Waals surface area (Å²) in [4.78, 5) is 11.0. The third kappa shape index (κ3) is 3.20. The molecule has 3 heteroatoms. The minimum absolute atomic E-state index is 0.445. The molecule has 0 fully saturated rings. The molecule has 0 aliphatic carbocycles. The molecule has 0 radical (unpaired) electrons. The molecule has 0 unspecified atom stereocenters. The number of halogens is 1. The van der Waals surface area contributed by atoms with E-state index in [1.165, 1.54) is 16.7 Å². The van der Waals surface area contributed by atoms with Crippen LogP contribution in [0.15, 0.2) is 30.3 Å². The molecule has 0 saturated heterocycles. The Morgan fingerprint density at radius 1 is 1.10 bits per heavy atom. The van der Waals surface area contributed by atoms with Gasteiger partial charge in [0.1, 0.15) is 12.4 Å². The fourth-order valence-corrected chi connectivity index (χ4v) is 2.51. The molecule has 0 aliphatic heterocycles. The highest BCUT2D eigenvalue weighted by molar-refractivity contribution is 6.30. The molecule has 0 saturated carbocycles. The van der Waals surface area contributed by atoms with Gasteiger partial charge in [0.15, 0.2) is 6.29 Å². The molecule has 104 valence electrons. The summed E-state index contributed by atoms with van der Waals surface area (Å²) in [7, 11) is 0. The van der Waals surface area contributed by atoms with Crippen molar-refractivity contribution in [3.8, 4) is 5.75 Å². The number of hydrogen-bond acceptors (Lipinski definition) is 2. The van der Waals surface area contributed by atoms with Crippen LogP contribution in [0.4, 0.5) is 0 Å². The smallest absolute Gasteiger partial charge is 0.153 e. The maximum absolute atomic E-state index is 11.0. The third-order valence-corrected chi connectivity index (χ3v) is 3.55. The number of carbonyl (C=O) groups is 1. The molecule has 2 aromatic carbocycles. The van der Waals surface area contributed by atoms with Crippen LogP contribution in [0.2, 0.25) is 5.02 Å². The van der Waals surface area contributed by atoms with Gasteiger partial charge in [0.05, 0.1) is 5.56 Å². The number of aryl methyl sites for hydroxylation is 3. The van der Waals surface area contributed by atoms with Crippen LogP contribution >= 0.6 is 11.6 Å². The van der Waals surface area contributed by atoms with Gasteiger partial charge in [-0.3, -0.25) is 4.79 Å². The van der Waals surface area contributed by atoms with Crippen molar-refractivity contribution in [3.05, 3.63) is 63.2 Å². The first-order valence-electron chi connectivity index (χ1n) is 6.45. The Hall–Kier alpha value is -1.80. The lowest BCUT2D eigenvalue weighted by molar-refractivity contribution is 0.111. The summed E-state index contributed by atoms with van der Waals surface area (Å²) in [6.45, 7) is 6.66. The molecule has 0 aromatic heterocycles. The van der Waals surface area contributed by atoms with Gasteiger partial charge in [-0.05, 0) is 55.7 Å². The van der Waals surface area contributed by atoms with E-state index >= 15 is 0 Å². The third-order valence-electron chi connectivity index (χ3n) is 3.31. The number of rotatable bonds is 4. The number of hydrogen-bond donors (Lipinski definition) is 0. The van der Waals surface area contributed by atoms with Gasteiger partial charge in [0, 0.05) is 5.02 Å². The van der Waals surface area contributed by atoms with Gasteiger partial charge in [-0.25, -0.2) is 0 Å². The van der Waals surface area contributed by atoms with Gasteiger partial charge in [0.2, 0.25) is 0 Å². The second kappa shape index (κ2) is 6.10. The molecule has 0 bridgehead atoms. The number of carbonyl (C=O) groups excluding carboxylic acids is 1.